The molecule has 1 aromatic heterocycles. The second kappa shape index (κ2) is 4.81. The van der Waals surface area contributed by atoms with E-state index in [9.17, 15) is 0 Å². The van der Waals surface area contributed by atoms with Gasteiger partial charge in [0.25, 0.3) is 0 Å². The van der Waals surface area contributed by atoms with E-state index in [2.05, 4.69) is 12.3 Å². The van der Waals surface area contributed by atoms with Crippen molar-refractivity contribution in [2.45, 2.75) is 45.1 Å². The van der Waals surface area contributed by atoms with Crippen LogP contribution in [0.3, 0.4) is 0 Å². The first-order valence-corrected chi connectivity index (χ1v) is 5.88. The fourth-order valence-corrected chi connectivity index (χ4v) is 2.10. The number of nitrogens with one attached hydrogen (secondary N) is 1. The summed E-state index contributed by atoms with van der Waals surface area (Å²) in [5.41, 5.74) is 2.86. The lowest BCUT2D eigenvalue weighted by atomic mass is 9.80. The maximum absolute atomic E-state index is 5.71. The van der Waals surface area contributed by atoms with Crippen LogP contribution in [0.1, 0.15) is 50.2 Å². The van der Waals surface area contributed by atoms with Gasteiger partial charge in [0, 0.05) is 6.42 Å². The van der Waals surface area contributed by atoms with E-state index in [1.165, 1.54) is 19.3 Å². The van der Waals surface area contributed by atoms with Gasteiger partial charge in [-0.15, -0.1) is 0 Å². The third kappa shape index (κ3) is 2.41. The van der Waals surface area contributed by atoms with Crippen molar-refractivity contribution >= 4 is 0 Å². The molecule has 0 aromatic carbocycles. The fraction of sp³-hybridized carbons (Fsp3) is 0.667. The minimum Gasteiger partial charge on any atom is -0.464 e. The number of hydrogen-bond acceptors (Lipinski definition) is 3. The van der Waals surface area contributed by atoms with E-state index in [0.29, 0.717) is 0 Å². The van der Waals surface area contributed by atoms with Crippen LogP contribution in [0.25, 0.3) is 0 Å². The molecule has 1 heterocycles. The summed E-state index contributed by atoms with van der Waals surface area (Å²) in [6.07, 6.45) is 6.12. The molecule has 3 N–H and O–H groups in total. The van der Waals surface area contributed by atoms with Gasteiger partial charge in [-0.2, -0.15) is 0 Å². The van der Waals surface area contributed by atoms with Crippen LogP contribution in [0, 0.1) is 5.92 Å². The quantitative estimate of drug-likeness (QED) is 0.577. The first kappa shape index (κ1) is 10.7. The van der Waals surface area contributed by atoms with E-state index >= 15 is 0 Å². The van der Waals surface area contributed by atoms with E-state index in [1.54, 1.807) is 0 Å². The van der Waals surface area contributed by atoms with Crippen molar-refractivity contribution in [3.05, 3.63) is 23.7 Å². The zero-order chi connectivity index (χ0) is 10.7. The Labute approximate surface area is 91.0 Å². The van der Waals surface area contributed by atoms with Crippen LogP contribution in [-0.4, -0.2) is 0 Å². The van der Waals surface area contributed by atoms with Crippen molar-refractivity contribution in [2.24, 2.45) is 11.8 Å². The Morgan fingerprint density at radius 2 is 2.33 bits per heavy atom. The molecule has 1 fully saturated rings. The van der Waals surface area contributed by atoms with Gasteiger partial charge in [-0.05, 0) is 24.5 Å². The molecule has 0 bridgehead atoms. The fourth-order valence-electron chi connectivity index (χ4n) is 2.10. The van der Waals surface area contributed by atoms with Crippen molar-refractivity contribution in [1.82, 2.24) is 5.43 Å². The monoisotopic (exact) mass is 208 g/mol. The molecule has 1 saturated carbocycles. The maximum Gasteiger partial charge on any atom is 0.122 e. The lowest BCUT2D eigenvalue weighted by molar-refractivity contribution is 0.245. The molecule has 0 radical (unpaired) electrons. The standard InChI is InChI=1S/C12H20N2O/c1-2-10-6-7-12(15-10)11(14-13)8-9-4-3-5-9/h6-7,9,11,14H,2-5,8,13H2,1H3. The molecular formula is C12H20N2O. The number of aryl methyl sites for hydroxylation is 1. The summed E-state index contributed by atoms with van der Waals surface area (Å²) >= 11 is 0. The Morgan fingerprint density at radius 3 is 2.80 bits per heavy atom. The second-order valence-corrected chi connectivity index (χ2v) is 4.41. The summed E-state index contributed by atoms with van der Waals surface area (Å²) in [6, 6.07) is 4.28. The maximum atomic E-state index is 5.71. The number of furan rings is 1. The van der Waals surface area contributed by atoms with Crippen LogP contribution in [0.2, 0.25) is 0 Å². The molecule has 2 rings (SSSR count). The molecular weight excluding hydrogens is 188 g/mol. The number of rotatable bonds is 5. The first-order chi connectivity index (χ1) is 7.33. The Hall–Kier alpha value is -0.800. The predicted octanol–water partition coefficient (Wildman–Crippen LogP) is 2.54. The molecule has 1 aliphatic rings. The molecule has 15 heavy (non-hydrogen) atoms. The van der Waals surface area contributed by atoms with Crippen LogP contribution in [0.5, 0.6) is 0 Å². The summed E-state index contributed by atoms with van der Waals surface area (Å²) in [5, 5.41) is 0. The van der Waals surface area contributed by atoms with Crippen molar-refractivity contribution in [1.29, 1.82) is 0 Å². The topological polar surface area (TPSA) is 51.2 Å². The molecule has 1 atom stereocenters. The third-order valence-electron chi connectivity index (χ3n) is 3.37. The van der Waals surface area contributed by atoms with E-state index in [1.807, 2.05) is 12.1 Å². The average molecular weight is 208 g/mol. The molecule has 3 nitrogen and oxygen atoms in total. The van der Waals surface area contributed by atoms with Crippen LogP contribution in [-0.2, 0) is 6.42 Å². The van der Waals surface area contributed by atoms with E-state index in [4.69, 9.17) is 10.3 Å². The zero-order valence-electron chi connectivity index (χ0n) is 9.33. The van der Waals surface area contributed by atoms with Gasteiger partial charge in [0.2, 0.25) is 0 Å². The smallest absolute Gasteiger partial charge is 0.122 e. The summed E-state index contributed by atoms with van der Waals surface area (Å²) in [7, 11) is 0. The second-order valence-electron chi connectivity index (χ2n) is 4.41. The highest BCUT2D eigenvalue weighted by atomic mass is 16.3. The minimum atomic E-state index is 0.190. The highest BCUT2D eigenvalue weighted by Crippen LogP contribution is 2.34. The number of nitrogens with two attached hydrogens (primary N) is 1. The van der Waals surface area contributed by atoms with Gasteiger partial charge in [0.05, 0.1) is 6.04 Å². The highest BCUT2D eigenvalue weighted by Gasteiger charge is 2.24. The predicted molar refractivity (Wildman–Crippen MR) is 60.1 cm³/mol. The molecule has 1 unspecified atom stereocenters. The van der Waals surface area contributed by atoms with Crippen LogP contribution < -0.4 is 11.3 Å². The number of hydrogen-bond donors (Lipinski definition) is 2. The molecule has 0 saturated heterocycles. The summed E-state index contributed by atoms with van der Waals surface area (Å²) < 4.78 is 5.71. The van der Waals surface area contributed by atoms with Gasteiger partial charge < -0.3 is 4.42 Å². The SMILES string of the molecule is CCc1ccc(C(CC2CCC2)NN)o1. The highest BCUT2D eigenvalue weighted by molar-refractivity contribution is 5.11. The van der Waals surface area contributed by atoms with Gasteiger partial charge in [-0.1, -0.05) is 26.2 Å². The van der Waals surface area contributed by atoms with Crippen LogP contribution >= 0.6 is 0 Å². The normalized spacial score (nSPS) is 18.8. The lowest BCUT2D eigenvalue weighted by Gasteiger charge is -2.28. The summed E-state index contributed by atoms with van der Waals surface area (Å²) in [4.78, 5) is 0. The number of hydrazine groups is 1. The summed E-state index contributed by atoms with van der Waals surface area (Å²) in [6.45, 7) is 2.10. The van der Waals surface area contributed by atoms with E-state index in [-0.39, 0.29) is 6.04 Å². The largest absolute Gasteiger partial charge is 0.464 e. The first-order valence-electron chi connectivity index (χ1n) is 5.88. The molecule has 3 heteroatoms. The van der Waals surface area contributed by atoms with Gasteiger partial charge in [0.15, 0.2) is 0 Å². The molecule has 1 aliphatic carbocycles. The average Bonchev–Trinajstić information content (AvgIpc) is 2.65. The van der Waals surface area contributed by atoms with Gasteiger partial charge >= 0.3 is 0 Å². The van der Waals surface area contributed by atoms with E-state index < -0.39 is 0 Å². The molecule has 0 aliphatic heterocycles. The molecule has 1 aromatic rings. The van der Waals surface area contributed by atoms with Crippen molar-refractivity contribution in [3.63, 3.8) is 0 Å². The van der Waals surface area contributed by atoms with Crippen molar-refractivity contribution in [2.75, 3.05) is 0 Å². The van der Waals surface area contributed by atoms with Crippen LogP contribution in [0.15, 0.2) is 16.5 Å². The Balaban J connectivity index is 1.97. The summed E-state index contributed by atoms with van der Waals surface area (Å²) in [5.74, 6) is 8.43. The van der Waals surface area contributed by atoms with Crippen LogP contribution in [0.4, 0.5) is 0 Å². The van der Waals surface area contributed by atoms with Gasteiger partial charge in [-0.3, -0.25) is 5.84 Å². The van der Waals surface area contributed by atoms with Gasteiger partial charge in [-0.25, -0.2) is 5.43 Å². The zero-order valence-corrected chi connectivity index (χ0v) is 9.33. The van der Waals surface area contributed by atoms with E-state index in [0.717, 1.165) is 30.3 Å². The van der Waals surface area contributed by atoms with Crippen molar-refractivity contribution in [3.8, 4) is 0 Å². The van der Waals surface area contributed by atoms with Gasteiger partial charge in [0.1, 0.15) is 11.5 Å². The Bertz CT molecular complexity index is 304. The lowest BCUT2D eigenvalue weighted by Crippen LogP contribution is -2.30. The minimum absolute atomic E-state index is 0.190. The Kier molecular flexibility index (Phi) is 3.44. The Morgan fingerprint density at radius 1 is 1.53 bits per heavy atom. The third-order valence-corrected chi connectivity index (χ3v) is 3.37. The molecule has 0 spiro atoms. The molecule has 0 amide bonds. The van der Waals surface area contributed by atoms with Crippen molar-refractivity contribution < 1.29 is 4.42 Å². The molecule has 84 valence electrons.